The minimum absolute atomic E-state index is 0.301. The number of nitrogens with zero attached hydrogens (tertiary/aromatic N) is 1. The van der Waals surface area contributed by atoms with Gasteiger partial charge < -0.3 is 15.8 Å². The van der Waals surface area contributed by atoms with Gasteiger partial charge in [0.05, 0.1) is 13.2 Å². The highest BCUT2D eigenvalue weighted by atomic mass is 16.5. The largest absolute Gasteiger partial charge is 0.380 e. The van der Waals surface area contributed by atoms with Crippen molar-refractivity contribution in [3.63, 3.8) is 0 Å². The van der Waals surface area contributed by atoms with E-state index in [0.29, 0.717) is 11.4 Å². The van der Waals surface area contributed by atoms with Gasteiger partial charge in [-0.3, -0.25) is 4.99 Å². The van der Waals surface area contributed by atoms with E-state index < -0.39 is 0 Å². The van der Waals surface area contributed by atoms with Crippen LogP contribution >= 0.6 is 0 Å². The first-order valence-corrected chi connectivity index (χ1v) is 4.26. The first-order valence-electron chi connectivity index (χ1n) is 4.26. The standard InChI is InChI=1S/C8H17N3O/c1-3-8(5-12-6-8)4-11-7(9)10-2/h3-6H2,1-2H3,(H3,9,10,11). The van der Waals surface area contributed by atoms with Crippen molar-refractivity contribution in [2.45, 2.75) is 13.3 Å². The van der Waals surface area contributed by atoms with Crippen molar-refractivity contribution in [1.29, 1.82) is 0 Å². The second-order valence-corrected chi connectivity index (χ2v) is 3.31. The predicted octanol–water partition coefficient (Wildman–Crippen LogP) is -0.0529. The highest BCUT2D eigenvalue weighted by molar-refractivity contribution is 5.77. The number of nitrogens with one attached hydrogen (secondary N) is 1. The molecular formula is C8H17N3O. The summed E-state index contributed by atoms with van der Waals surface area (Å²) in [7, 11) is 1.68. The molecule has 1 rings (SSSR count). The molecule has 4 nitrogen and oxygen atoms in total. The summed E-state index contributed by atoms with van der Waals surface area (Å²) < 4.78 is 5.17. The maximum absolute atomic E-state index is 5.51. The lowest BCUT2D eigenvalue weighted by Crippen LogP contribution is -2.51. The average Bonchev–Trinajstić information content (AvgIpc) is 2.03. The Hall–Kier alpha value is -0.770. The first kappa shape index (κ1) is 9.32. The van der Waals surface area contributed by atoms with E-state index in [2.05, 4.69) is 17.2 Å². The van der Waals surface area contributed by atoms with E-state index in [1.165, 1.54) is 0 Å². The van der Waals surface area contributed by atoms with E-state index >= 15 is 0 Å². The van der Waals surface area contributed by atoms with Gasteiger partial charge in [0, 0.05) is 19.0 Å². The molecule has 0 saturated carbocycles. The third-order valence-corrected chi connectivity index (χ3v) is 2.45. The lowest BCUT2D eigenvalue weighted by Gasteiger charge is -2.40. The summed E-state index contributed by atoms with van der Waals surface area (Å²) in [6, 6.07) is 0. The SMILES string of the molecule is CCC1(CNC(N)=NC)COC1. The van der Waals surface area contributed by atoms with Crippen LogP contribution < -0.4 is 11.1 Å². The van der Waals surface area contributed by atoms with Crippen molar-refractivity contribution in [2.75, 3.05) is 26.8 Å². The predicted molar refractivity (Wildman–Crippen MR) is 49.1 cm³/mol. The van der Waals surface area contributed by atoms with E-state index in [9.17, 15) is 0 Å². The molecule has 1 aliphatic rings. The molecule has 12 heavy (non-hydrogen) atoms. The Morgan fingerprint density at radius 2 is 2.33 bits per heavy atom. The zero-order valence-corrected chi connectivity index (χ0v) is 7.76. The van der Waals surface area contributed by atoms with Crippen LogP contribution in [0, 0.1) is 5.41 Å². The third-order valence-electron chi connectivity index (χ3n) is 2.45. The number of hydrogen-bond donors (Lipinski definition) is 2. The molecule has 1 aliphatic heterocycles. The van der Waals surface area contributed by atoms with Gasteiger partial charge in [-0.15, -0.1) is 0 Å². The van der Waals surface area contributed by atoms with Crippen molar-refractivity contribution in [1.82, 2.24) is 5.32 Å². The van der Waals surface area contributed by atoms with Gasteiger partial charge in [0.2, 0.25) is 0 Å². The quantitative estimate of drug-likeness (QED) is 0.462. The summed E-state index contributed by atoms with van der Waals surface area (Å²) in [4.78, 5) is 3.83. The van der Waals surface area contributed by atoms with E-state index in [4.69, 9.17) is 10.5 Å². The number of nitrogens with two attached hydrogens (primary N) is 1. The molecule has 1 saturated heterocycles. The van der Waals surface area contributed by atoms with E-state index in [1.807, 2.05) is 0 Å². The summed E-state index contributed by atoms with van der Waals surface area (Å²) in [5.41, 5.74) is 5.81. The van der Waals surface area contributed by atoms with Crippen LogP contribution in [0.3, 0.4) is 0 Å². The molecule has 0 radical (unpaired) electrons. The fraction of sp³-hybridized carbons (Fsp3) is 0.875. The second-order valence-electron chi connectivity index (χ2n) is 3.31. The molecule has 0 unspecified atom stereocenters. The number of aliphatic imine (C=N–C) groups is 1. The van der Waals surface area contributed by atoms with Crippen molar-refractivity contribution in [2.24, 2.45) is 16.1 Å². The molecule has 0 spiro atoms. The topological polar surface area (TPSA) is 59.6 Å². The van der Waals surface area contributed by atoms with Crippen LogP contribution in [-0.2, 0) is 4.74 Å². The lowest BCUT2D eigenvalue weighted by molar-refractivity contribution is -0.110. The molecule has 0 bridgehead atoms. The lowest BCUT2D eigenvalue weighted by atomic mass is 9.83. The average molecular weight is 171 g/mol. The summed E-state index contributed by atoms with van der Waals surface area (Å²) in [5, 5.41) is 3.07. The van der Waals surface area contributed by atoms with Gasteiger partial charge in [-0.25, -0.2) is 0 Å². The highest BCUT2D eigenvalue weighted by Gasteiger charge is 2.36. The van der Waals surface area contributed by atoms with Gasteiger partial charge in [-0.1, -0.05) is 6.92 Å². The van der Waals surface area contributed by atoms with Gasteiger partial charge in [0.15, 0.2) is 5.96 Å². The Labute approximate surface area is 73.2 Å². The van der Waals surface area contributed by atoms with Crippen LogP contribution in [0.5, 0.6) is 0 Å². The molecule has 0 aliphatic carbocycles. The summed E-state index contributed by atoms with van der Waals surface area (Å²) in [5.74, 6) is 0.509. The van der Waals surface area contributed by atoms with Gasteiger partial charge in [-0.2, -0.15) is 0 Å². The molecule has 0 aromatic rings. The summed E-state index contributed by atoms with van der Waals surface area (Å²) in [6.45, 7) is 4.72. The van der Waals surface area contributed by atoms with Crippen LogP contribution in [-0.4, -0.2) is 32.8 Å². The van der Waals surface area contributed by atoms with Crippen molar-refractivity contribution in [3.05, 3.63) is 0 Å². The van der Waals surface area contributed by atoms with Crippen LogP contribution in [0.2, 0.25) is 0 Å². The minimum atomic E-state index is 0.301. The van der Waals surface area contributed by atoms with Crippen LogP contribution in [0.15, 0.2) is 4.99 Å². The molecule has 3 N–H and O–H groups in total. The molecule has 0 amide bonds. The monoisotopic (exact) mass is 171 g/mol. The molecular weight excluding hydrogens is 154 g/mol. The van der Waals surface area contributed by atoms with Crippen LogP contribution in [0.25, 0.3) is 0 Å². The van der Waals surface area contributed by atoms with Crippen LogP contribution in [0.4, 0.5) is 0 Å². The maximum atomic E-state index is 5.51. The zero-order valence-electron chi connectivity index (χ0n) is 7.76. The van der Waals surface area contributed by atoms with E-state index in [0.717, 1.165) is 26.2 Å². The molecule has 1 heterocycles. The molecule has 70 valence electrons. The van der Waals surface area contributed by atoms with E-state index in [-0.39, 0.29) is 0 Å². The molecule has 0 aromatic heterocycles. The normalized spacial score (nSPS) is 21.7. The molecule has 0 aromatic carbocycles. The number of hydrogen-bond acceptors (Lipinski definition) is 2. The molecule has 1 fully saturated rings. The van der Waals surface area contributed by atoms with E-state index in [1.54, 1.807) is 7.05 Å². The minimum Gasteiger partial charge on any atom is -0.380 e. The highest BCUT2D eigenvalue weighted by Crippen LogP contribution is 2.29. The fourth-order valence-corrected chi connectivity index (χ4v) is 1.18. The third kappa shape index (κ3) is 1.88. The second kappa shape index (κ2) is 3.76. The Balaban J connectivity index is 2.29. The Morgan fingerprint density at radius 1 is 1.67 bits per heavy atom. The maximum Gasteiger partial charge on any atom is 0.188 e. The van der Waals surface area contributed by atoms with Gasteiger partial charge >= 0.3 is 0 Å². The first-order chi connectivity index (χ1) is 5.72. The Morgan fingerprint density at radius 3 is 2.67 bits per heavy atom. The smallest absolute Gasteiger partial charge is 0.188 e. The van der Waals surface area contributed by atoms with Crippen molar-refractivity contribution in [3.8, 4) is 0 Å². The van der Waals surface area contributed by atoms with Gasteiger partial charge in [0.25, 0.3) is 0 Å². The number of ether oxygens (including phenoxy) is 1. The van der Waals surface area contributed by atoms with Crippen molar-refractivity contribution < 1.29 is 4.74 Å². The summed E-state index contributed by atoms with van der Waals surface area (Å²) >= 11 is 0. The summed E-state index contributed by atoms with van der Waals surface area (Å²) in [6.07, 6.45) is 1.12. The van der Waals surface area contributed by atoms with Crippen LogP contribution in [0.1, 0.15) is 13.3 Å². The zero-order chi connectivity index (χ0) is 9.03. The Bertz CT molecular complexity index is 170. The Kier molecular flexibility index (Phi) is 2.92. The van der Waals surface area contributed by atoms with Crippen molar-refractivity contribution >= 4 is 5.96 Å². The van der Waals surface area contributed by atoms with Gasteiger partial charge in [-0.05, 0) is 6.42 Å². The number of rotatable bonds is 3. The molecule has 4 heteroatoms. The fourth-order valence-electron chi connectivity index (χ4n) is 1.18. The molecule has 0 atom stereocenters. The van der Waals surface area contributed by atoms with Gasteiger partial charge in [0.1, 0.15) is 0 Å². The number of guanidine groups is 1.